The predicted octanol–water partition coefficient (Wildman–Crippen LogP) is 4.76. The summed E-state index contributed by atoms with van der Waals surface area (Å²) >= 11 is 0. The minimum absolute atomic E-state index is 0.0475. The number of allylic oxidation sites excluding steroid dienone is 4. The van der Waals surface area contributed by atoms with Crippen molar-refractivity contribution in [2.75, 3.05) is 0 Å². The van der Waals surface area contributed by atoms with Crippen molar-refractivity contribution >= 4 is 23.4 Å². The number of fused-ring (bicyclic) bond motifs is 7. The lowest BCUT2D eigenvalue weighted by Gasteiger charge is -2.68. The van der Waals surface area contributed by atoms with E-state index in [0.717, 1.165) is 12.0 Å². The van der Waals surface area contributed by atoms with Gasteiger partial charge in [-0.15, -0.1) is 0 Å². The Labute approximate surface area is 224 Å². The van der Waals surface area contributed by atoms with Gasteiger partial charge in [0.1, 0.15) is 11.5 Å². The van der Waals surface area contributed by atoms with Crippen molar-refractivity contribution in [3.05, 3.63) is 23.3 Å². The van der Waals surface area contributed by atoms with Crippen molar-refractivity contribution in [2.45, 2.75) is 86.5 Å². The maximum Gasteiger partial charge on any atom is 0.309 e. The standard InChI is InChI=1S/C31H40N2O5/c1-26(2)9-11-31(25(37)38)12-10-29(5)22(18(31)15-26)19(34)13-21-27(3)14-17(16-32)23(35)30(6,24(33)36)20(27)7-8-28(21,29)4/h13-14,18,20,22H,7-12,15H2,1-6H3,(H2,33,36)(H,37,38)/t18-,20+,22-,27-,28+,29+,30-,31-/m0/s1. The van der Waals surface area contributed by atoms with Crippen molar-refractivity contribution < 1.29 is 24.3 Å². The molecular weight excluding hydrogens is 480 g/mol. The van der Waals surface area contributed by atoms with E-state index in [1.165, 1.54) is 0 Å². The van der Waals surface area contributed by atoms with Gasteiger partial charge in [0.05, 0.1) is 11.0 Å². The number of nitriles is 1. The van der Waals surface area contributed by atoms with Crippen LogP contribution in [-0.2, 0) is 19.2 Å². The highest BCUT2D eigenvalue weighted by Crippen LogP contribution is 2.74. The zero-order valence-electron chi connectivity index (χ0n) is 23.4. The zero-order chi connectivity index (χ0) is 28.3. The van der Waals surface area contributed by atoms with Gasteiger partial charge >= 0.3 is 5.97 Å². The van der Waals surface area contributed by atoms with Crippen LogP contribution in [0.15, 0.2) is 23.3 Å². The molecule has 204 valence electrons. The van der Waals surface area contributed by atoms with Crippen LogP contribution in [0, 0.1) is 61.6 Å². The van der Waals surface area contributed by atoms with Crippen molar-refractivity contribution in [3.63, 3.8) is 0 Å². The Morgan fingerprint density at radius 2 is 1.66 bits per heavy atom. The van der Waals surface area contributed by atoms with Gasteiger partial charge in [0.2, 0.25) is 5.91 Å². The van der Waals surface area contributed by atoms with E-state index in [0.29, 0.717) is 38.5 Å². The molecular formula is C31H40N2O5. The maximum absolute atomic E-state index is 14.3. The lowest BCUT2D eigenvalue weighted by Crippen LogP contribution is -2.66. The second kappa shape index (κ2) is 7.67. The SMILES string of the molecule is CC1(C)CC[C@]2(C(=O)O)CC[C@]3(C)[C@H](C(=O)C=C4[C@@]5(C)C=C(C#N)C(=O)[C@@](C)(C(N)=O)[C@@H]5CC[C@]43C)[C@@H]2C1. The topological polar surface area (TPSA) is 138 Å². The summed E-state index contributed by atoms with van der Waals surface area (Å²) in [4.78, 5) is 53.2. The maximum atomic E-state index is 14.3. The number of nitrogens with two attached hydrogens (primary N) is 1. The molecule has 0 bridgehead atoms. The number of ketones is 2. The Balaban J connectivity index is 1.72. The first-order valence-electron chi connectivity index (χ1n) is 13.9. The number of hydrogen-bond donors (Lipinski definition) is 2. The molecule has 5 rings (SSSR count). The third-order valence-electron chi connectivity index (χ3n) is 12.5. The first kappa shape index (κ1) is 26.8. The van der Waals surface area contributed by atoms with Crippen LogP contribution in [0.3, 0.4) is 0 Å². The van der Waals surface area contributed by atoms with E-state index in [4.69, 9.17) is 5.73 Å². The fourth-order valence-electron chi connectivity index (χ4n) is 10.00. The highest BCUT2D eigenvalue weighted by atomic mass is 16.4. The average molecular weight is 521 g/mol. The summed E-state index contributed by atoms with van der Waals surface area (Å²) in [6.07, 6.45) is 7.83. The van der Waals surface area contributed by atoms with Crippen LogP contribution in [0.4, 0.5) is 0 Å². The molecule has 0 aliphatic heterocycles. The van der Waals surface area contributed by atoms with E-state index in [9.17, 15) is 29.5 Å². The molecule has 7 nitrogen and oxygen atoms in total. The van der Waals surface area contributed by atoms with Gasteiger partial charge in [-0.3, -0.25) is 19.2 Å². The Morgan fingerprint density at radius 1 is 1.03 bits per heavy atom. The van der Waals surface area contributed by atoms with Crippen LogP contribution >= 0.6 is 0 Å². The highest BCUT2D eigenvalue weighted by molar-refractivity contribution is 6.16. The van der Waals surface area contributed by atoms with E-state index in [1.54, 1.807) is 19.1 Å². The van der Waals surface area contributed by atoms with E-state index in [-0.39, 0.29) is 22.7 Å². The number of carbonyl (C=O) groups excluding carboxylic acids is 3. The molecule has 3 N–H and O–H groups in total. The first-order valence-corrected chi connectivity index (χ1v) is 13.9. The molecule has 0 radical (unpaired) electrons. The highest BCUT2D eigenvalue weighted by Gasteiger charge is 2.71. The van der Waals surface area contributed by atoms with Crippen LogP contribution in [0.25, 0.3) is 0 Å². The molecule has 0 heterocycles. The largest absolute Gasteiger partial charge is 0.481 e. The molecule has 0 saturated heterocycles. The number of carbonyl (C=O) groups is 4. The van der Waals surface area contributed by atoms with Gasteiger partial charge in [-0.05, 0) is 86.0 Å². The number of Topliss-reactive ketones (excluding diaryl/α,β-unsaturated/α-hetero) is 1. The summed E-state index contributed by atoms with van der Waals surface area (Å²) in [7, 11) is 0. The van der Waals surface area contributed by atoms with Crippen LogP contribution in [0.2, 0.25) is 0 Å². The number of carboxylic acid groups (broad SMARTS) is 1. The summed E-state index contributed by atoms with van der Waals surface area (Å²) in [6, 6.07) is 2.00. The molecule has 5 aliphatic rings. The summed E-state index contributed by atoms with van der Waals surface area (Å²) in [5, 5.41) is 20.4. The molecule has 5 aliphatic carbocycles. The van der Waals surface area contributed by atoms with Gasteiger partial charge in [0, 0.05) is 11.3 Å². The minimum atomic E-state index is -1.55. The molecule has 0 aromatic heterocycles. The van der Waals surface area contributed by atoms with Crippen LogP contribution in [0.5, 0.6) is 0 Å². The van der Waals surface area contributed by atoms with Crippen LogP contribution in [-0.4, -0.2) is 28.5 Å². The number of amides is 1. The molecule has 3 saturated carbocycles. The fourth-order valence-corrected chi connectivity index (χ4v) is 10.00. The quantitative estimate of drug-likeness (QED) is 0.504. The smallest absolute Gasteiger partial charge is 0.309 e. The van der Waals surface area contributed by atoms with E-state index < -0.39 is 56.6 Å². The second-order valence-corrected chi connectivity index (χ2v) is 14.6. The van der Waals surface area contributed by atoms with Crippen molar-refractivity contribution in [1.82, 2.24) is 0 Å². The Kier molecular flexibility index (Phi) is 5.42. The summed E-state index contributed by atoms with van der Waals surface area (Å²) in [5.41, 5.74) is 2.27. The summed E-state index contributed by atoms with van der Waals surface area (Å²) in [5.74, 6) is -3.29. The number of nitrogens with zero attached hydrogens (tertiary/aromatic N) is 1. The summed E-state index contributed by atoms with van der Waals surface area (Å²) in [6.45, 7) is 12.2. The van der Waals surface area contributed by atoms with E-state index in [1.807, 2.05) is 13.0 Å². The lowest BCUT2D eigenvalue weighted by atomic mass is 9.34. The third kappa shape index (κ3) is 2.95. The molecule has 1 amide bonds. The zero-order valence-corrected chi connectivity index (χ0v) is 23.4. The Morgan fingerprint density at radius 3 is 2.24 bits per heavy atom. The number of primary amides is 1. The van der Waals surface area contributed by atoms with Crippen LogP contribution in [0.1, 0.15) is 86.5 Å². The number of hydrogen-bond acceptors (Lipinski definition) is 5. The third-order valence-corrected chi connectivity index (χ3v) is 12.5. The van der Waals surface area contributed by atoms with Gasteiger partial charge in [0.15, 0.2) is 11.6 Å². The number of carboxylic acids is 1. The van der Waals surface area contributed by atoms with Gasteiger partial charge in [-0.1, -0.05) is 46.3 Å². The summed E-state index contributed by atoms with van der Waals surface area (Å²) < 4.78 is 0. The van der Waals surface area contributed by atoms with E-state index >= 15 is 0 Å². The minimum Gasteiger partial charge on any atom is -0.481 e. The molecule has 0 aromatic rings. The molecule has 0 spiro atoms. The Bertz CT molecular complexity index is 1290. The second-order valence-electron chi connectivity index (χ2n) is 14.6. The molecule has 8 atom stereocenters. The first-order chi connectivity index (χ1) is 17.4. The molecule has 3 fully saturated rings. The molecule has 38 heavy (non-hydrogen) atoms. The van der Waals surface area contributed by atoms with Crippen molar-refractivity contribution in [1.29, 1.82) is 5.26 Å². The predicted molar refractivity (Wildman–Crippen MR) is 140 cm³/mol. The molecule has 0 unspecified atom stereocenters. The fraction of sp³-hybridized carbons (Fsp3) is 0.710. The number of rotatable bonds is 2. The van der Waals surface area contributed by atoms with Gasteiger partial charge in [0.25, 0.3) is 0 Å². The lowest BCUT2D eigenvalue weighted by molar-refractivity contribution is -0.188. The average Bonchev–Trinajstić information content (AvgIpc) is 2.82. The van der Waals surface area contributed by atoms with Gasteiger partial charge in [-0.25, -0.2) is 0 Å². The van der Waals surface area contributed by atoms with Crippen LogP contribution < -0.4 is 5.73 Å². The Hall–Kier alpha value is -2.75. The monoisotopic (exact) mass is 520 g/mol. The van der Waals surface area contributed by atoms with Crippen molar-refractivity contribution in [3.8, 4) is 6.07 Å². The van der Waals surface area contributed by atoms with E-state index in [2.05, 4.69) is 27.7 Å². The molecule has 7 heteroatoms. The van der Waals surface area contributed by atoms with Gasteiger partial charge in [-0.2, -0.15) is 5.26 Å². The molecule has 0 aromatic carbocycles. The normalized spacial score (nSPS) is 47.2. The van der Waals surface area contributed by atoms with Crippen molar-refractivity contribution in [2.24, 2.45) is 56.0 Å². The van der Waals surface area contributed by atoms with Gasteiger partial charge < -0.3 is 10.8 Å². The number of aliphatic carboxylic acids is 1.